The fraction of sp³-hybridized carbons (Fsp3) is 0. The van der Waals surface area contributed by atoms with E-state index in [9.17, 15) is 0 Å². The van der Waals surface area contributed by atoms with Crippen molar-refractivity contribution >= 4 is 25.5 Å². The summed E-state index contributed by atoms with van der Waals surface area (Å²) in [5.74, 6) is 0. The third kappa shape index (κ3) is 7.12. The van der Waals surface area contributed by atoms with Crippen molar-refractivity contribution < 1.29 is 24.5 Å². The van der Waals surface area contributed by atoms with Crippen molar-refractivity contribution in [2.24, 2.45) is 0 Å². The highest BCUT2D eigenvalue weighted by atomic mass is 31.2. The molecule has 0 aliphatic rings. The van der Waals surface area contributed by atoms with E-state index in [1.807, 2.05) is 9.72 Å². The summed E-state index contributed by atoms with van der Waals surface area (Å²) in [4.78, 5) is 45.2. The summed E-state index contributed by atoms with van der Waals surface area (Å²) >= 11 is 0. The lowest BCUT2D eigenvalue weighted by molar-refractivity contribution is 0.470. The molecule has 0 fully saturated rings. The van der Waals surface area contributed by atoms with Crippen LogP contribution in [-0.2, 0) is 0 Å². The maximum absolute atomic E-state index is 8.62. The van der Waals surface area contributed by atoms with E-state index in [2.05, 4.69) is 0 Å². The Labute approximate surface area is 60.6 Å². The Bertz CT molecular complexity index is 77.0. The molecule has 7 nitrogen and oxygen atoms in total. The Hall–Kier alpha value is 1.01. The van der Waals surface area contributed by atoms with Crippen LogP contribution in [0.4, 0.5) is 0 Å². The quantitative estimate of drug-likeness (QED) is 0.289. The van der Waals surface area contributed by atoms with Gasteiger partial charge in [0, 0.05) is 0 Å². The number of rotatable bonds is 4. The average molecular weight is 208 g/mol. The first-order chi connectivity index (χ1) is 4.52. The molecule has 0 bridgehead atoms. The van der Waals surface area contributed by atoms with E-state index >= 15 is 0 Å². The average Bonchev–Trinajstić information content (AvgIpc) is 1.58. The van der Waals surface area contributed by atoms with Gasteiger partial charge in [-0.2, -0.15) is 9.72 Å². The molecule has 10 heavy (non-hydrogen) atoms. The highest BCUT2D eigenvalue weighted by Crippen LogP contribution is 2.38. The second kappa shape index (κ2) is 5.63. The zero-order valence-electron chi connectivity index (χ0n) is 4.58. The Morgan fingerprint density at radius 3 is 1.20 bits per heavy atom. The molecule has 0 aromatic rings. The van der Waals surface area contributed by atoms with E-state index in [1.54, 1.807) is 0 Å². The van der Waals surface area contributed by atoms with Gasteiger partial charge in [0.05, 0.1) is 0 Å². The molecule has 0 aromatic heterocycles. The zero-order chi connectivity index (χ0) is 8.15. The van der Waals surface area contributed by atoms with Crippen LogP contribution in [0.25, 0.3) is 0 Å². The van der Waals surface area contributed by atoms with Gasteiger partial charge < -0.3 is 24.5 Å². The molecule has 0 aliphatic carbocycles. The molecule has 0 atom stereocenters. The molecule has 0 saturated carbocycles. The molecule has 7 N–H and O–H groups in total. The van der Waals surface area contributed by atoms with E-state index in [-0.39, 0.29) is 0 Å². The number of nitrogens with one attached hydrogen (secondary N) is 2. The third-order valence-electron chi connectivity index (χ3n) is 0.368. The Morgan fingerprint density at radius 2 is 1.00 bits per heavy atom. The van der Waals surface area contributed by atoms with Crippen molar-refractivity contribution in [2.75, 3.05) is 0 Å². The number of hydrogen-bond donors (Lipinski definition) is 7. The van der Waals surface area contributed by atoms with E-state index in [4.69, 9.17) is 24.5 Å². The summed E-state index contributed by atoms with van der Waals surface area (Å²) < 4.78 is 0. The van der Waals surface area contributed by atoms with Crippen molar-refractivity contribution in [3.05, 3.63) is 0 Å². The minimum absolute atomic E-state index is 1.86. The van der Waals surface area contributed by atoms with Crippen molar-refractivity contribution in [3.63, 3.8) is 0 Å². The lowest BCUT2D eigenvalue weighted by atomic mass is 13.8. The molecule has 10 heteroatoms. The molecule has 0 aliphatic heterocycles. The van der Waals surface area contributed by atoms with Gasteiger partial charge in [0.1, 0.15) is 0 Å². The Balaban J connectivity index is 3.34. The lowest BCUT2D eigenvalue weighted by Crippen LogP contribution is -2.09. The predicted molar refractivity (Wildman–Crippen MR) is 38.1 cm³/mol. The molecule has 0 aromatic carbocycles. The van der Waals surface area contributed by atoms with Crippen LogP contribution in [0, 0.1) is 0 Å². The van der Waals surface area contributed by atoms with Gasteiger partial charge in [-0.15, -0.1) is 0 Å². The summed E-state index contributed by atoms with van der Waals surface area (Å²) in [5, 5.41) is 0. The second-order valence-electron chi connectivity index (χ2n) is 1.09. The van der Waals surface area contributed by atoms with Crippen LogP contribution in [0.2, 0.25) is 0 Å². The fourth-order valence-corrected chi connectivity index (χ4v) is 2.13. The van der Waals surface area contributed by atoms with Gasteiger partial charge in [-0.1, -0.05) is 0 Å². The minimum atomic E-state index is -2.42. The largest absolute Gasteiger partial charge is 0.347 e. The summed E-state index contributed by atoms with van der Waals surface area (Å²) in [6.07, 6.45) is 0. The highest BCUT2D eigenvalue weighted by Gasteiger charge is 2.11. The van der Waals surface area contributed by atoms with Crippen LogP contribution in [0.15, 0.2) is 0 Å². The van der Waals surface area contributed by atoms with Gasteiger partial charge in [0.25, 0.3) is 17.1 Å². The van der Waals surface area contributed by atoms with E-state index < -0.39 is 25.5 Å². The maximum atomic E-state index is 8.62. The summed E-state index contributed by atoms with van der Waals surface area (Å²) in [7, 11) is -6.93. The van der Waals surface area contributed by atoms with Crippen molar-refractivity contribution in [2.45, 2.75) is 0 Å². The summed E-state index contributed by atoms with van der Waals surface area (Å²) in [6, 6.07) is 0. The van der Waals surface area contributed by atoms with Crippen LogP contribution in [-0.4, -0.2) is 24.5 Å². The van der Waals surface area contributed by atoms with E-state index in [0.29, 0.717) is 0 Å². The first-order valence-electron chi connectivity index (χ1n) is 1.89. The second-order valence-corrected chi connectivity index (χ2v) is 4.47. The molecule has 0 radical (unpaired) electrons. The molecule has 0 heterocycles. The van der Waals surface area contributed by atoms with Crippen molar-refractivity contribution in [1.29, 1.82) is 0 Å². The Morgan fingerprint density at radius 1 is 0.700 bits per heavy atom. The topological polar surface area (TPSA) is 125 Å². The first-order valence-corrected chi connectivity index (χ1v) is 5.68. The minimum Gasteiger partial charge on any atom is -0.347 e. The van der Waals surface area contributed by atoms with Gasteiger partial charge in [-0.05, 0) is 0 Å². The first kappa shape index (κ1) is 11.0. The van der Waals surface area contributed by atoms with Crippen molar-refractivity contribution in [1.82, 2.24) is 9.72 Å². The summed E-state index contributed by atoms with van der Waals surface area (Å²) in [6.45, 7) is 0. The molecule has 0 rings (SSSR count). The fourth-order valence-electron chi connectivity index (χ4n) is 0.192. The van der Waals surface area contributed by atoms with E-state index in [0.717, 1.165) is 0 Å². The van der Waals surface area contributed by atoms with Crippen LogP contribution in [0.1, 0.15) is 0 Å². The van der Waals surface area contributed by atoms with Crippen LogP contribution in [0.5, 0.6) is 0 Å². The maximum Gasteiger partial charge on any atom is 0.256 e. The van der Waals surface area contributed by atoms with Crippen LogP contribution in [0.3, 0.4) is 0 Å². The van der Waals surface area contributed by atoms with Crippen LogP contribution >= 0.6 is 25.5 Å². The molecular formula is H7N2O5P3. The van der Waals surface area contributed by atoms with Gasteiger partial charge in [-0.25, -0.2) is 0 Å². The van der Waals surface area contributed by atoms with Gasteiger partial charge >= 0.3 is 0 Å². The van der Waals surface area contributed by atoms with Gasteiger partial charge in [0.15, 0.2) is 8.45 Å². The van der Waals surface area contributed by atoms with Gasteiger partial charge in [0.2, 0.25) is 0 Å². The number of hydrogen-bond acceptors (Lipinski definition) is 7. The molecular weight excluding hydrogens is 201 g/mol. The van der Waals surface area contributed by atoms with Crippen molar-refractivity contribution in [3.8, 4) is 0 Å². The standard InChI is InChI=1S/H7N2O5P3/c3-8(1-9(4)5)2-10(6)7/h1-7H. The molecule has 0 spiro atoms. The third-order valence-corrected chi connectivity index (χ3v) is 3.31. The molecule has 0 unspecified atom stereocenters. The Kier molecular flexibility index (Phi) is 6.20. The summed E-state index contributed by atoms with van der Waals surface area (Å²) in [5.41, 5.74) is 0. The zero-order valence-corrected chi connectivity index (χ0v) is 7.26. The van der Waals surface area contributed by atoms with Crippen LogP contribution < -0.4 is 9.72 Å². The SMILES string of the molecule is OP(O)NP(O)NP(O)O. The predicted octanol–water partition coefficient (Wildman–Crippen LogP) is -1.19. The highest BCUT2D eigenvalue weighted by molar-refractivity contribution is 7.67. The normalized spacial score (nSPS) is 12.0. The van der Waals surface area contributed by atoms with Gasteiger partial charge in [-0.3, -0.25) is 0 Å². The molecule has 62 valence electrons. The molecule has 0 saturated heterocycles. The van der Waals surface area contributed by atoms with E-state index in [1.165, 1.54) is 0 Å². The smallest absolute Gasteiger partial charge is 0.256 e. The lowest BCUT2D eigenvalue weighted by Gasteiger charge is -2.12. The monoisotopic (exact) mass is 208 g/mol. The molecule has 0 amide bonds.